The Bertz CT molecular complexity index is 488. The Morgan fingerprint density at radius 2 is 1.85 bits per heavy atom. The molecule has 0 amide bonds. The van der Waals surface area contributed by atoms with Crippen molar-refractivity contribution in [3.63, 3.8) is 0 Å². The van der Waals surface area contributed by atoms with Crippen LogP contribution in [0.3, 0.4) is 0 Å². The molecule has 2 saturated carbocycles. The third-order valence-electron chi connectivity index (χ3n) is 5.17. The first-order valence-corrected chi connectivity index (χ1v) is 8.65. The zero-order valence-corrected chi connectivity index (χ0v) is 13.7. The molecule has 0 saturated heterocycles. The molecule has 0 bridgehead atoms. The molecule has 20 heavy (non-hydrogen) atoms. The number of hydrogen-bond donors (Lipinski definition) is 1. The topological polar surface area (TPSA) is 12.0 Å². The van der Waals surface area contributed by atoms with E-state index in [2.05, 4.69) is 21.2 Å². The smallest absolute Gasteiger partial charge is 0.137 e. The summed E-state index contributed by atoms with van der Waals surface area (Å²) >= 11 is 3.29. The number of benzene rings is 1. The molecule has 3 rings (SSSR count). The fourth-order valence-electron chi connectivity index (χ4n) is 4.03. The third-order valence-corrected chi connectivity index (χ3v) is 5.77. The van der Waals surface area contributed by atoms with Crippen LogP contribution in [0, 0.1) is 24.6 Å². The van der Waals surface area contributed by atoms with Crippen molar-refractivity contribution in [2.24, 2.45) is 11.8 Å². The second-order valence-corrected chi connectivity index (χ2v) is 7.39. The van der Waals surface area contributed by atoms with Crippen LogP contribution in [0.4, 0.5) is 10.1 Å². The van der Waals surface area contributed by atoms with Gasteiger partial charge in [0.15, 0.2) is 0 Å². The van der Waals surface area contributed by atoms with E-state index in [9.17, 15) is 4.39 Å². The van der Waals surface area contributed by atoms with Crippen molar-refractivity contribution >= 4 is 21.6 Å². The molecule has 1 nitrogen and oxygen atoms in total. The van der Waals surface area contributed by atoms with Crippen molar-refractivity contribution in [3.8, 4) is 0 Å². The molecule has 1 aromatic carbocycles. The first-order chi connectivity index (χ1) is 9.63. The minimum absolute atomic E-state index is 0.177. The van der Waals surface area contributed by atoms with Gasteiger partial charge in [-0.25, -0.2) is 4.39 Å². The Balaban J connectivity index is 1.68. The lowest BCUT2D eigenvalue weighted by molar-refractivity contribution is 0.162. The minimum Gasteiger partial charge on any atom is -0.382 e. The zero-order valence-electron chi connectivity index (χ0n) is 12.1. The summed E-state index contributed by atoms with van der Waals surface area (Å²) in [5.41, 5.74) is 2.08. The summed E-state index contributed by atoms with van der Waals surface area (Å²) in [4.78, 5) is 0. The van der Waals surface area contributed by atoms with Gasteiger partial charge in [0.1, 0.15) is 5.82 Å². The predicted molar refractivity (Wildman–Crippen MR) is 85.5 cm³/mol. The molecule has 0 heterocycles. The molecule has 2 aliphatic rings. The quantitative estimate of drug-likeness (QED) is 0.732. The fraction of sp³-hybridized carbons (Fsp3) is 0.647. The van der Waals surface area contributed by atoms with Crippen LogP contribution in [0.25, 0.3) is 0 Å². The van der Waals surface area contributed by atoms with Crippen LogP contribution in [-0.4, -0.2) is 6.04 Å². The van der Waals surface area contributed by atoms with Crippen molar-refractivity contribution in [2.45, 2.75) is 57.9 Å². The molecule has 2 aliphatic carbocycles. The number of halogens is 2. The molecule has 110 valence electrons. The van der Waals surface area contributed by atoms with Gasteiger partial charge in [0.2, 0.25) is 0 Å². The van der Waals surface area contributed by atoms with Gasteiger partial charge >= 0.3 is 0 Å². The van der Waals surface area contributed by atoms with Crippen LogP contribution in [0.5, 0.6) is 0 Å². The summed E-state index contributed by atoms with van der Waals surface area (Å²) in [5.74, 6) is 1.71. The van der Waals surface area contributed by atoms with E-state index < -0.39 is 0 Å². The van der Waals surface area contributed by atoms with Crippen LogP contribution in [0.2, 0.25) is 0 Å². The normalized spacial score (nSPS) is 29.9. The van der Waals surface area contributed by atoms with Gasteiger partial charge in [-0.05, 0) is 71.6 Å². The average molecular weight is 340 g/mol. The van der Waals surface area contributed by atoms with E-state index in [0.717, 1.165) is 23.1 Å². The van der Waals surface area contributed by atoms with Crippen LogP contribution in [-0.2, 0) is 0 Å². The highest BCUT2D eigenvalue weighted by Crippen LogP contribution is 2.41. The van der Waals surface area contributed by atoms with E-state index >= 15 is 0 Å². The van der Waals surface area contributed by atoms with E-state index in [0.29, 0.717) is 10.5 Å². The summed E-state index contributed by atoms with van der Waals surface area (Å²) < 4.78 is 14.0. The van der Waals surface area contributed by atoms with E-state index in [1.807, 2.05) is 13.0 Å². The highest BCUT2D eigenvalue weighted by atomic mass is 79.9. The molecule has 0 aliphatic heterocycles. The fourth-order valence-corrected chi connectivity index (χ4v) is 4.37. The summed E-state index contributed by atoms with van der Waals surface area (Å²) in [6, 6.07) is 4.06. The molecular formula is C17H23BrFN. The van der Waals surface area contributed by atoms with Crippen molar-refractivity contribution in [2.75, 3.05) is 5.32 Å². The third kappa shape index (κ3) is 3.03. The molecule has 0 radical (unpaired) electrons. The van der Waals surface area contributed by atoms with Gasteiger partial charge in [0, 0.05) is 11.7 Å². The largest absolute Gasteiger partial charge is 0.382 e. The monoisotopic (exact) mass is 339 g/mol. The number of rotatable bonds is 2. The van der Waals surface area contributed by atoms with Gasteiger partial charge in [-0.1, -0.05) is 25.7 Å². The molecule has 3 unspecified atom stereocenters. The Hall–Kier alpha value is -0.570. The van der Waals surface area contributed by atoms with E-state index in [-0.39, 0.29) is 5.82 Å². The lowest BCUT2D eigenvalue weighted by Crippen LogP contribution is -2.34. The molecule has 3 heteroatoms. The molecule has 0 spiro atoms. The molecular weight excluding hydrogens is 317 g/mol. The highest BCUT2D eigenvalue weighted by molar-refractivity contribution is 9.10. The molecule has 0 aromatic heterocycles. The predicted octanol–water partition coefficient (Wildman–Crippen LogP) is 5.67. The summed E-state index contributed by atoms with van der Waals surface area (Å²) in [5, 5.41) is 3.65. The zero-order chi connectivity index (χ0) is 14.1. The van der Waals surface area contributed by atoms with Gasteiger partial charge in [-0.3, -0.25) is 0 Å². The summed E-state index contributed by atoms with van der Waals surface area (Å²) in [6.45, 7) is 1.98. The standard InChI is InChI=1S/C17H23BrFN/c1-11-8-16(19)15(18)10-17(11)20-14-7-6-12-4-2-3-5-13(12)9-14/h8,10,12-14,20H,2-7,9H2,1H3. The van der Waals surface area contributed by atoms with Gasteiger partial charge < -0.3 is 5.32 Å². The Morgan fingerprint density at radius 3 is 2.65 bits per heavy atom. The first-order valence-electron chi connectivity index (χ1n) is 7.85. The number of aryl methyl sites for hydroxylation is 1. The van der Waals surface area contributed by atoms with Crippen molar-refractivity contribution < 1.29 is 4.39 Å². The summed E-state index contributed by atoms with van der Waals surface area (Å²) in [7, 11) is 0. The van der Waals surface area contributed by atoms with E-state index in [1.54, 1.807) is 6.07 Å². The van der Waals surface area contributed by atoms with E-state index in [4.69, 9.17) is 0 Å². The lowest BCUT2D eigenvalue weighted by Gasteiger charge is -2.40. The number of hydrogen-bond acceptors (Lipinski definition) is 1. The lowest BCUT2D eigenvalue weighted by atomic mass is 9.69. The Labute approximate surface area is 129 Å². The maximum Gasteiger partial charge on any atom is 0.137 e. The maximum absolute atomic E-state index is 13.5. The van der Waals surface area contributed by atoms with Crippen LogP contribution in [0.1, 0.15) is 50.5 Å². The molecule has 2 fully saturated rings. The second-order valence-electron chi connectivity index (χ2n) is 6.54. The maximum atomic E-state index is 13.5. The first kappa shape index (κ1) is 14.4. The van der Waals surface area contributed by atoms with Gasteiger partial charge in [-0.15, -0.1) is 0 Å². The van der Waals surface area contributed by atoms with Crippen LogP contribution in [0.15, 0.2) is 16.6 Å². The number of anilines is 1. The minimum atomic E-state index is -0.177. The highest BCUT2D eigenvalue weighted by Gasteiger charge is 2.32. The molecule has 3 atom stereocenters. The average Bonchev–Trinajstić information content (AvgIpc) is 2.44. The van der Waals surface area contributed by atoms with Crippen LogP contribution >= 0.6 is 15.9 Å². The Kier molecular flexibility index (Phi) is 4.34. The number of fused-ring (bicyclic) bond motifs is 1. The second kappa shape index (κ2) is 6.05. The van der Waals surface area contributed by atoms with Gasteiger partial charge in [0.25, 0.3) is 0 Å². The molecule has 1 aromatic rings. The SMILES string of the molecule is Cc1cc(F)c(Br)cc1NC1CCC2CCCCC2C1. The Morgan fingerprint density at radius 1 is 1.10 bits per heavy atom. The molecule has 1 N–H and O–H groups in total. The van der Waals surface area contributed by atoms with Crippen molar-refractivity contribution in [3.05, 3.63) is 28.0 Å². The summed E-state index contributed by atoms with van der Waals surface area (Å²) in [6.07, 6.45) is 9.62. The van der Waals surface area contributed by atoms with Crippen molar-refractivity contribution in [1.29, 1.82) is 0 Å². The van der Waals surface area contributed by atoms with E-state index in [1.165, 1.54) is 44.9 Å². The van der Waals surface area contributed by atoms with Crippen molar-refractivity contribution in [1.82, 2.24) is 0 Å². The number of nitrogens with one attached hydrogen (secondary N) is 1. The van der Waals surface area contributed by atoms with Gasteiger partial charge in [0.05, 0.1) is 4.47 Å². The van der Waals surface area contributed by atoms with Gasteiger partial charge in [-0.2, -0.15) is 0 Å². The van der Waals surface area contributed by atoms with Crippen LogP contribution < -0.4 is 5.32 Å².